The van der Waals surface area contributed by atoms with Crippen LogP contribution in [0, 0.1) is 19.8 Å². The van der Waals surface area contributed by atoms with Gasteiger partial charge < -0.3 is 14.2 Å². The number of ether oxygens (including phenoxy) is 1. The predicted octanol–water partition coefficient (Wildman–Crippen LogP) is 1.47. The summed E-state index contributed by atoms with van der Waals surface area (Å²) in [5, 5.41) is 3.82. The van der Waals surface area contributed by atoms with Crippen LogP contribution in [0.4, 0.5) is 0 Å². The molecule has 4 heterocycles. The zero-order valence-electron chi connectivity index (χ0n) is 13.7. The summed E-state index contributed by atoms with van der Waals surface area (Å²) in [6.07, 6.45) is 4.71. The third-order valence-corrected chi connectivity index (χ3v) is 4.63. The molecule has 0 radical (unpaired) electrons. The van der Waals surface area contributed by atoms with Gasteiger partial charge in [0, 0.05) is 25.2 Å². The SMILES string of the molecule is Cc1cnc(C(=O)N2CC[C@H]3O[C@H](c4nc(C)no4)C[C@@H]3C2)cn1. The third kappa shape index (κ3) is 2.77. The minimum Gasteiger partial charge on any atom is -0.365 e. The Labute approximate surface area is 139 Å². The number of hydrogen-bond donors (Lipinski definition) is 0. The van der Waals surface area contributed by atoms with Crippen LogP contribution in [0.3, 0.4) is 0 Å². The van der Waals surface area contributed by atoms with Crippen LogP contribution in [0.25, 0.3) is 0 Å². The maximum absolute atomic E-state index is 12.6. The molecule has 0 aromatic carbocycles. The van der Waals surface area contributed by atoms with E-state index in [0.29, 0.717) is 30.5 Å². The van der Waals surface area contributed by atoms with Crippen molar-refractivity contribution < 1.29 is 14.1 Å². The Morgan fingerprint density at radius 1 is 1.29 bits per heavy atom. The number of amides is 1. The molecule has 4 rings (SSSR count). The largest absolute Gasteiger partial charge is 0.365 e. The summed E-state index contributed by atoms with van der Waals surface area (Å²) in [4.78, 5) is 27.0. The molecule has 24 heavy (non-hydrogen) atoms. The number of piperidine rings is 1. The van der Waals surface area contributed by atoms with Crippen molar-refractivity contribution in [2.45, 2.75) is 38.9 Å². The Hall–Kier alpha value is -2.35. The van der Waals surface area contributed by atoms with Gasteiger partial charge in [-0.05, 0) is 26.7 Å². The molecule has 2 aromatic heterocycles. The average Bonchev–Trinajstić information content (AvgIpc) is 3.20. The van der Waals surface area contributed by atoms with Gasteiger partial charge in [0.15, 0.2) is 5.82 Å². The van der Waals surface area contributed by atoms with E-state index >= 15 is 0 Å². The molecule has 2 aliphatic rings. The fourth-order valence-electron chi connectivity index (χ4n) is 3.41. The number of hydrogen-bond acceptors (Lipinski definition) is 7. The number of likely N-dealkylation sites (tertiary alicyclic amines) is 1. The summed E-state index contributed by atoms with van der Waals surface area (Å²) in [7, 11) is 0. The zero-order valence-corrected chi connectivity index (χ0v) is 13.7. The van der Waals surface area contributed by atoms with E-state index < -0.39 is 0 Å². The number of rotatable bonds is 2. The Morgan fingerprint density at radius 3 is 2.88 bits per heavy atom. The number of carbonyl (C=O) groups is 1. The number of aromatic nitrogens is 4. The lowest BCUT2D eigenvalue weighted by Crippen LogP contribution is -2.44. The smallest absolute Gasteiger partial charge is 0.274 e. The maximum atomic E-state index is 12.6. The van der Waals surface area contributed by atoms with Gasteiger partial charge in [0.2, 0.25) is 0 Å². The molecule has 1 amide bonds. The predicted molar refractivity (Wildman–Crippen MR) is 82.0 cm³/mol. The van der Waals surface area contributed by atoms with E-state index in [9.17, 15) is 4.79 Å². The summed E-state index contributed by atoms with van der Waals surface area (Å²) >= 11 is 0. The Kier molecular flexibility index (Phi) is 3.76. The van der Waals surface area contributed by atoms with Crippen LogP contribution < -0.4 is 0 Å². The van der Waals surface area contributed by atoms with Gasteiger partial charge in [-0.1, -0.05) is 5.16 Å². The molecule has 0 aliphatic carbocycles. The highest BCUT2D eigenvalue weighted by atomic mass is 16.5. The van der Waals surface area contributed by atoms with Gasteiger partial charge in [-0.3, -0.25) is 9.78 Å². The van der Waals surface area contributed by atoms with Crippen LogP contribution >= 0.6 is 0 Å². The molecule has 3 atom stereocenters. The van der Waals surface area contributed by atoms with E-state index in [1.54, 1.807) is 19.3 Å². The van der Waals surface area contributed by atoms with Crippen LogP contribution in [0.2, 0.25) is 0 Å². The van der Waals surface area contributed by atoms with E-state index in [1.165, 1.54) is 0 Å². The van der Waals surface area contributed by atoms with Gasteiger partial charge in [-0.2, -0.15) is 4.98 Å². The molecule has 2 aliphatic heterocycles. The van der Waals surface area contributed by atoms with Gasteiger partial charge in [-0.15, -0.1) is 0 Å². The van der Waals surface area contributed by atoms with Crippen molar-refractivity contribution in [2.75, 3.05) is 13.1 Å². The normalized spacial score (nSPS) is 26.4. The van der Waals surface area contributed by atoms with Crippen molar-refractivity contribution in [3.63, 3.8) is 0 Å². The van der Waals surface area contributed by atoms with Gasteiger partial charge in [0.05, 0.1) is 18.0 Å². The Morgan fingerprint density at radius 2 is 2.17 bits per heavy atom. The van der Waals surface area contributed by atoms with E-state index in [2.05, 4.69) is 20.1 Å². The van der Waals surface area contributed by atoms with Crippen LogP contribution in [0.15, 0.2) is 16.9 Å². The molecule has 0 bridgehead atoms. The fraction of sp³-hybridized carbons (Fsp3) is 0.562. The molecule has 2 fully saturated rings. The summed E-state index contributed by atoms with van der Waals surface area (Å²) in [5.41, 5.74) is 1.19. The molecule has 0 unspecified atom stereocenters. The Balaban J connectivity index is 1.44. The number of aryl methyl sites for hydroxylation is 2. The van der Waals surface area contributed by atoms with Crippen molar-refractivity contribution >= 4 is 5.91 Å². The van der Waals surface area contributed by atoms with Gasteiger partial charge in [0.25, 0.3) is 11.8 Å². The monoisotopic (exact) mass is 329 g/mol. The highest BCUT2D eigenvalue weighted by Gasteiger charge is 2.42. The minimum atomic E-state index is -0.171. The van der Waals surface area contributed by atoms with Crippen LogP contribution in [-0.4, -0.2) is 50.1 Å². The lowest BCUT2D eigenvalue weighted by molar-refractivity contribution is -0.00787. The van der Waals surface area contributed by atoms with Crippen LogP contribution in [0.1, 0.15) is 46.8 Å². The van der Waals surface area contributed by atoms with E-state index in [-0.39, 0.29) is 24.0 Å². The molecular weight excluding hydrogens is 310 g/mol. The first-order chi connectivity index (χ1) is 11.6. The molecule has 126 valence electrons. The molecule has 0 spiro atoms. The van der Waals surface area contributed by atoms with Crippen LogP contribution in [0.5, 0.6) is 0 Å². The summed E-state index contributed by atoms with van der Waals surface area (Å²) in [6, 6.07) is 0. The topological polar surface area (TPSA) is 94.2 Å². The number of fused-ring (bicyclic) bond motifs is 1. The Bertz CT molecular complexity index is 744. The molecule has 0 saturated carbocycles. The van der Waals surface area contributed by atoms with Crippen molar-refractivity contribution in [2.24, 2.45) is 5.92 Å². The highest BCUT2D eigenvalue weighted by molar-refractivity contribution is 5.92. The number of nitrogens with zero attached hydrogens (tertiary/aromatic N) is 5. The summed E-state index contributed by atoms with van der Waals surface area (Å²) in [5.74, 6) is 1.35. The zero-order chi connectivity index (χ0) is 16.7. The lowest BCUT2D eigenvalue weighted by Gasteiger charge is -2.33. The average molecular weight is 329 g/mol. The summed E-state index contributed by atoms with van der Waals surface area (Å²) < 4.78 is 11.3. The molecular formula is C16H19N5O3. The first-order valence-electron chi connectivity index (χ1n) is 8.14. The summed E-state index contributed by atoms with van der Waals surface area (Å²) in [6.45, 7) is 4.95. The standard InChI is InChI=1S/C16H19N5O3/c1-9-6-18-12(7-17-9)16(22)21-4-3-13-11(8-21)5-14(23-13)15-19-10(2)20-24-15/h6-7,11,13-14H,3-5,8H2,1-2H3/t11-,13-,14+/m1/s1. The van der Waals surface area contributed by atoms with E-state index in [0.717, 1.165) is 18.5 Å². The molecule has 8 nitrogen and oxygen atoms in total. The first kappa shape index (κ1) is 15.2. The quantitative estimate of drug-likeness (QED) is 0.823. The lowest BCUT2D eigenvalue weighted by atomic mass is 9.92. The molecule has 8 heteroatoms. The fourth-order valence-corrected chi connectivity index (χ4v) is 3.41. The van der Waals surface area contributed by atoms with Crippen LogP contribution in [-0.2, 0) is 4.74 Å². The minimum absolute atomic E-state index is 0.0713. The molecule has 2 aromatic rings. The van der Waals surface area contributed by atoms with E-state index in [1.807, 2.05) is 11.8 Å². The van der Waals surface area contributed by atoms with Gasteiger partial charge in [0.1, 0.15) is 11.8 Å². The second-order valence-corrected chi connectivity index (χ2v) is 6.42. The van der Waals surface area contributed by atoms with E-state index in [4.69, 9.17) is 9.26 Å². The van der Waals surface area contributed by atoms with Crippen molar-refractivity contribution in [1.29, 1.82) is 0 Å². The highest BCUT2D eigenvalue weighted by Crippen LogP contribution is 2.40. The van der Waals surface area contributed by atoms with Gasteiger partial charge in [-0.25, -0.2) is 4.98 Å². The second kappa shape index (κ2) is 5.94. The molecule has 2 saturated heterocycles. The van der Waals surface area contributed by atoms with Gasteiger partial charge >= 0.3 is 0 Å². The van der Waals surface area contributed by atoms with Crippen molar-refractivity contribution in [1.82, 2.24) is 25.0 Å². The number of carbonyl (C=O) groups excluding carboxylic acids is 1. The van der Waals surface area contributed by atoms with Crippen molar-refractivity contribution in [3.8, 4) is 0 Å². The third-order valence-electron chi connectivity index (χ3n) is 4.63. The molecule has 0 N–H and O–H groups in total. The maximum Gasteiger partial charge on any atom is 0.274 e. The first-order valence-corrected chi connectivity index (χ1v) is 8.14. The second-order valence-electron chi connectivity index (χ2n) is 6.42. The van der Waals surface area contributed by atoms with Crippen molar-refractivity contribution in [3.05, 3.63) is 35.5 Å².